The highest BCUT2D eigenvalue weighted by Gasteiger charge is 2.07. The van der Waals surface area contributed by atoms with E-state index in [4.69, 9.17) is 4.74 Å². The molecule has 0 amide bonds. The first-order chi connectivity index (χ1) is 9.83. The SMILES string of the molecule is C=CCCOCCNC(C)c1cccc2ccccc12. The lowest BCUT2D eigenvalue weighted by molar-refractivity contribution is 0.138. The first kappa shape index (κ1) is 14.8. The summed E-state index contributed by atoms with van der Waals surface area (Å²) in [5, 5.41) is 6.13. The van der Waals surface area contributed by atoms with Crippen molar-refractivity contribution in [2.24, 2.45) is 0 Å². The summed E-state index contributed by atoms with van der Waals surface area (Å²) < 4.78 is 5.51. The summed E-state index contributed by atoms with van der Waals surface area (Å²) in [6.07, 6.45) is 2.80. The summed E-state index contributed by atoms with van der Waals surface area (Å²) in [5.74, 6) is 0. The highest BCUT2D eigenvalue weighted by Crippen LogP contribution is 2.23. The number of hydrogen-bond donors (Lipinski definition) is 1. The van der Waals surface area contributed by atoms with Crippen molar-refractivity contribution in [3.05, 3.63) is 60.7 Å². The van der Waals surface area contributed by atoms with Gasteiger partial charge in [-0.2, -0.15) is 0 Å². The van der Waals surface area contributed by atoms with Crippen molar-refractivity contribution in [1.29, 1.82) is 0 Å². The Bertz CT molecular complexity index is 545. The molecule has 0 spiro atoms. The molecule has 0 aromatic heterocycles. The lowest BCUT2D eigenvalue weighted by Crippen LogP contribution is -2.23. The van der Waals surface area contributed by atoms with E-state index in [1.165, 1.54) is 16.3 Å². The lowest BCUT2D eigenvalue weighted by Gasteiger charge is -2.16. The summed E-state index contributed by atoms with van der Waals surface area (Å²) in [6, 6.07) is 15.3. The van der Waals surface area contributed by atoms with Gasteiger partial charge in [0.15, 0.2) is 0 Å². The van der Waals surface area contributed by atoms with Gasteiger partial charge in [-0.25, -0.2) is 0 Å². The maximum absolute atomic E-state index is 5.51. The molecular weight excluding hydrogens is 246 g/mol. The molecule has 0 bridgehead atoms. The van der Waals surface area contributed by atoms with Gasteiger partial charge in [0.2, 0.25) is 0 Å². The summed E-state index contributed by atoms with van der Waals surface area (Å²) in [5.41, 5.74) is 1.34. The van der Waals surface area contributed by atoms with Gasteiger partial charge in [0.05, 0.1) is 13.2 Å². The van der Waals surface area contributed by atoms with E-state index in [9.17, 15) is 0 Å². The number of benzene rings is 2. The van der Waals surface area contributed by atoms with Crippen LogP contribution < -0.4 is 5.32 Å². The number of hydrogen-bond acceptors (Lipinski definition) is 2. The molecule has 2 rings (SSSR count). The zero-order valence-electron chi connectivity index (χ0n) is 12.1. The monoisotopic (exact) mass is 269 g/mol. The topological polar surface area (TPSA) is 21.3 Å². The third-order valence-electron chi connectivity index (χ3n) is 3.45. The molecule has 0 fully saturated rings. The Kier molecular flexibility index (Phi) is 5.78. The highest BCUT2D eigenvalue weighted by atomic mass is 16.5. The molecule has 106 valence electrons. The van der Waals surface area contributed by atoms with E-state index in [2.05, 4.69) is 61.3 Å². The third kappa shape index (κ3) is 3.92. The maximum atomic E-state index is 5.51. The third-order valence-corrected chi connectivity index (χ3v) is 3.45. The quantitative estimate of drug-likeness (QED) is 0.576. The highest BCUT2D eigenvalue weighted by molar-refractivity contribution is 5.86. The second-order valence-corrected chi connectivity index (χ2v) is 4.93. The summed E-state index contributed by atoms with van der Waals surface area (Å²) in [7, 11) is 0. The van der Waals surface area contributed by atoms with E-state index >= 15 is 0 Å². The average molecular weight is 269 g/mol. The molecule has 2 aromatic carbocycles. The van der Waals surface area contributed by atoms with Crippen LogP contribution in [0.25, 0.3) is 10.8 Å². The molecule has 0 saturated heterocycles. The molecule has 2 aromatic rings. The Morgan fingerprint density at radius 3 is 2.80 bits per heavy atom. The molecule has 2 nitrogen and oxygen atoms in total. The van der Waals surface area contributed by atoms with Crippen LogP contribution in [-0.2, 0) is 4.74 Å². The van der Waals surface area contributed by atoms with Crippen LogP contribution in [-0.4, -0.2) is 19.8 Å². The van der Waals surface area contributed by atoms with Gasteiger partial charge >= 0.3 is 0 Å². The fourth-order valence-corrected chi connectivity index (χ4v) is 2.35. The Labute approximate surface area is 121 Å². The lowest BCUT2D eigenvalue weighted by atomic mass is 10.00. The predicted octanol–water partition coefficient (Wildman–Crippen LogP) is 4.08. The summed E-state index contributed by atoms with van der Waals surface area (Å²) in [6.45, 7) is 8.24. The smallest absolute Gasteiger partial charge is 0.0591 e. The van der Waals surface area contributed by atoms with Gasteiger partial charge in [-0.15, -0.1) is 6.58 Å². The van der Waals surface area contributed by atoms with E-state index in [1.54, 1.807) is 0 Å². The number of rotatable bonds is 8. The van der Waals surface area contributed by atoms with Gasteiger partial charge in [0.1, 0.15) is 0 Å². The standard InChI is InChI=1S/C18H23NO/c1-3-4-13-20-14-12-19-15(2)17-11-7-9-16-8-5-6-10-18(16)17/h3,5-11,15,19H,1,4,12-14H2,2H3. The average Bonchev–Trinajstić information content (AvgIpc) is 2.50. The van der Waals surface area contributed by atoms with E-state index in [-0.39, 0.29) is 0 Å². The van der Waals surface area contributed by atoms with Crippen molar-refractivity contribution >= 4 is 10.8 Å². The maximum Gasteiger partial charge on any atom is 0.0591 e. The molecule has 0 radical (unpaired) electrons. The van der Waals surface area contributed by atoms with Gasteiger partial charge in [-0.1, -0.05) is 48.5 Å². The zero-order valence-corrected chi connectivity index (χ0v) is 12.1. The van der Waals surface area contributed by atoms with Gasteiger partial charge in [0.25, 0.3) is 0 Å². The van der Waals surface area contributed by atoms with Crippen LogP contribution in [0.2, 0.25) is 0 Å². The fourth-order valence-electron chi connectivity index (χ4n) is 2.35. The molecule has 0 aliphatic heterocycles. The largest absolute Gasteiger partial charge is 0.380 e. The van der Waals surface area contributed by atoms with Gasteiger partial charge < -0.3 is 10.1 Å². The van der Waals surface area contributed by atoms with Crippen LogP contribution in [0.1, 0.15) is 24.9 Å². The zero-order chi connectivity index (χ0) is 14.2. The van der Waals surface area contributed by atoms with Crippen molar-refractivity contribution in [1.82, 2.24) is 5.32 Å². The molecule has 0 aliphatic carbocycles. The van der Waals surface area contributed by atoms with E-state index in [1.807, 2.05) is 6.08 Å². The van der Waals surface area contributed by atoms with Crippen LogP contribution in [0, 0.1) is 0 Å². The van der Waals surface area contributed by atoms with Gasteiger partial charge in [-0.05, 0) is 29.7 Å². The Morgan fingerprint density at radius 1 is 1.15 bits per heavy atom. The molecule has 20 heavy (non-hydrogen) atoms. The Morgan fingerprint density at radius 2 is 1.95 bits per heavy atom. The van der Waals surface area contributed by atoms with Gasteiger partial charge in [0, 0.05) is 12.6 Å². The first-order valence-corrected chi connectivity index (χ1v) is 7.22. The van der Waals surface area contributed by atoms with Crippen molar-refractivity contribution in [2.75, 3.05) is 19.8 Å². The molecule has 0 aliphatic rings. The van der Waals surface area contributed by atoms with Crippen LogP contribution in [0.3, 0.4) is 0 Å². The number of nitrogens with one attached hydrogen (secondary N) is 1. The summed E-state index contributed by atoms with van der Waals surface area (Å²) in [4.78, 5) is 0. The molecule has 1 unspecified atom stereocenters. The molecule has 2 heteroatoms. The van der Waals surface area contributed by atoms with Crippen LogP contribution in [0.15, 0.2) is 55.1 Å². The first-order valence-electron chi connectivity index (χ1n) is 7.22. The minimum Gasteiger partial charge on any atom is -0.380 e. The van der Waals surface area contributed by atoms with Crippen molar-refractivity contribution < 1.29 is 4.74 Å². The van der Waals surface area contributed by atoms with Crippen LogP contribution in [0.5, 0.6) is 0 Å². The van der Waals surface area contributed by atoms with Crippen molar-refractivity contribution in [3.8, 4) is 0 Å². The predicted molar refractivity (Wildman–Crippen MR) is 86.0 cm³/mol. The molecule has 0 saturated carbocycles. The minimum absolute atomic E-state index is 0.323. The second kappa shape index (κ2) is 7.83. The molecular formula is C18H23NO. The molecule has 0 heterocycles. The van der Waals surface area contributed by atoms with E-state index < -0.39 is 0 Å². The minimum atomic E-state index is 0.323. The Balaban J connectivity index is 1.91. The number of fused-ring (bicyclic) bond motifs is 1. The fraction of sp³-hybridized carbons (Fsp3) is 0.333. The van der Waals surface area contributed by atoms with Crippen LogP contribution >= 0.6 is 0 Å². The van der Waals surface area contributed by atoms with Crippen molar-refractivity contribution in [2.45, 2.75) is 19.4 Å². The Hall–Kier alpha value is -1.64. The summed E-state index contributed by atoms with van der Waals surface area (Å²) >= 11 is 0. The van der Waals surface area contributed by atoms with E-state index in [0.717, 1.165) is 26.2 Å². The normalized spacial score (nSPS) is 12.4. The van der Waals surface area contributed by atoms with Crippen LogP contribution in [0.4, 0.5) is 0 Å². The molecule has 1 N–H and O–H groups in total. The van der Waals surface area contributed by atoms with Gasteiger partial charge in [-0.3, -0.25) is 0 Å². The van der Waals surface area contributed by atoms with E-state index in [0.29, 0.717) is 6.04 Å². The molecule has 1 atom stereocenters. The second-order valence-electron chi connectivity index (χ2n) is 4.93. The number of ether oxygens (including phenoxy) is 1. The van der Waals surface area contributed by atoms with Crippen molar-refractivity contribution in [3.63, 3.8) is 0 Å².